The molecule has 10 heteroatoms. The lowest BCUT2D eigenvalue weighted by Crippen LogP contribution is -2.42. The van der Waals surface area contributed by atoms with Crippen LogP contribution in [0.1, 0.15) is 16.1 Å². The molecule has 0 bridgehead atoms. The van der Waals surface area contributed by atoms with Gasteiger partial charge in [0.1, 0.15) is 11.6 Å². The zero-order chi connectivity index (χ0) is 28.3. The Morgan fingerprint density at radius 3 is 2.10 bits per heavy atom. The van der Waals surface area contributed by atoms with E-state index < -0.39 is 22.0 Å². The zero-order valence-corrected chi connectivity index (χ0v) is 21.9. The van der Waals surface area contributed by atoms with Gasteiger partial charge in [0.15, 0.2) is 5.76 Å². The highest BCUT2D eigenvalue weighted by atomic mass is 32.2. The first-order valence-corrected chi connectivity index (χ1v) is 13.8. The number of para-hydroxylation sites is 1. The Labute approximate surface area is 230 Å². The molecule has 0 aliphatic carbocycles. The van der Waals surface area contributed by atoms with Gasteiger partial charge in [0.2, 0.25) is 10.0 Å². The monoisotopic (exact) mass is 555 g/mol. The first-order chi connectivity index (χ1) is 19.2. The van der Waals surface area contributed by atoms with Crippen molar-refractivity contribution in [1.82, 2.24) is 4.72 Å². The Bertz CT molecular complexity index is 1750. The number of rotatable bonds is 9. The number of nitrogen functional groups attached to an aromatic ring is 1. The van der Waals surface area contributed by atoms with Gasteiger partial charge in [-0.2, -0.15) is 4.72 Å². The summed E-state index contributed by atoms with van der Waals surface area (Å²) in [6.45, 7) is 0. The number of amides is 1. The van der Waals surface area contributed by atoms with Crippen molar-refractivity contribution in [2.24, 2.45) is 0 Å². The summed E-state index contributed by atoms with van der Waals surface area (Å²) >= 11 is 0. The zero-order valence-electron chi connectivity index (χ0n) is 21.1. The van der Waals surface area contributed by atoms with Crippen LogP contribution in [0.4, 0.5) is 11.4 Å². The van der Waals surface area contributed by atoms with Gasteiger partial charge in [0, 0.05) is 16.8 Å². The summed E-state index contributed by atoms with van der Waals surface area (Å²) in [5.41, 5.74) is 9.56. The van der Waals surface area contributed by atoms with Crippen LogP contribution in [0.25, 0.3) is 22.1 Å². The lowest BCUT2D eigenvalue weighted by molar-refractivity contribution is -0.138. The number of benzene rings is 4. The van der Waals surface area contributed by atoms with Crippen LogP contribution in [0.15, 0.2) is 112 Å². The number of furan rings is 1. The first-order valence-electron chi connectivity index (χ1n) is 12.3. The van der Waals surface area contributed by atoms with Gasteiger partial charge in [-0.1, -0.05) is 54.6 Å². The number of anilines is 2. The maximum Gasteiger partial charge on any atom is 0.322 e. The highest BCUT2D eigenvalue weighted by Crippen LogP contribution is 2.25. The van der Waals surface area contributed by atoms with Crippen LogP contribution in [0.3, 0.4) is 0 Å². The van der Waals surface area contributed by atoms with E-state index in [1.165, 1.54) is 12.1 Å². The second-order valence-corrected chi connectivity index (χ2v) is 10.9. The first kappa shape index (κ1) is 26.7. The number of carbonyl (C=O) groups excluding carboxylic acids is 1. The molecule has 0 radical (unpaired) electrons. The van der Waals surface area contributed by atoms with Gasteiger partial charge >= 0.3 is 5.97 Å². The molecule has 0 saturated heterocycles. The minimum Gasteiger partial charge on any atom is -0.480 e. The van der Waals surface area contributed by atoms with Crippen LogP contribution >= 0.6 is 0 Å². The van der Waals surface area contributed by atoms with E-state index >= 15 is 0 Å². The molecule has 0 fully saturated rings. The van der Waals surface area contributed by atoms with Crippen LogP contribution in [-0.4, -0.2) is 31.4 Å². The third kappa shape index (κ3) is 6.04. The molecule has 0 aliphatic heterocycles. The molecule has 1 atom stereocenters. The Kier molecular flexibility index (Phi) is 7.37. The molecule has 9 nitrogen and oxygen atoms in total. The lowest BCUT2D eigenvalue weighted by atomic mass is 10.1. The van der Waals surface area contributed by atoms with Gasteiger partial charge in [0.25, 0.3) is 5.91 Å². The van der Waals surface area contributed by atoms with Crippen LogP contribution in [0, 0.1) is 0 Å². The Balaban J connectivity index is 1.25. The summed E-state index contributed by atoms with van der Waals surface area (Å²) in [5.74, 6) is -1.46. The molecule has 1 amide bonds. The van der Waals surface area contributed by atoms with Crippen LogP contribution in [-0.2, 0) is 21.2 Å². The molecular formula is C30H25N3O6S. The van der Waals surface area contributed by atoms with E-state index in [1.54, 1.807) is 72.8 Å². The normalized spacial score (nSPS) is 12.2. The van der Waals surface area contributed by atoms with E-state index in [1.807, 2.05) is 18.2 Å². The van der Waals surface area contributed by atoms with Gasteiger partial charge in [-0.3, -0.25) is 9.59 Å². The highest BCUT2D eigenvalue weighted by Gasteiger charge is 2.26. The second-order valence-electron chi connectivity index (χ2n) is 9.16. The highest BCUT2D eigenvalue weighted by molar-refractivity contribution is 7.89. The van der Waals surface area contributed by atoms with Crippen LogP contribution in [0.2, 0.25) is 0 Å². The van der Waals surface area contributed by atoms with Gasteiger partial charge in [-0.05, 0) is 71.6 Å². The quantitative estimate of drug-likeness (QED) is 0.189. The standard InChI is InChI=1S/C30H25N3O6S/c31-23-11-5-19(6-12-23)17-26(30(35)36)33-40(37,38)25-15-9-21(10-16-25)20-7-13-24(14-8-20)32-29(34)28-18-22-3-1-2-4-27(22)39-28/h1-16,18,26,33H,17,31H2,(H,32,34)(H,35,36)/t26-/m0/s1. The summed E-state index contributed by atoms with van der Waals surface area (Å²) in [6, 6.07) is 27.4. The predicted octanol–water partition coefficient (Wildman–Crippen LogP) is 4.91. The number of sulfonamides is 1. The third-order valence-corrected chi connectivity index (χ3v) is 7.79. The lowest BCUT2D eigenvalue weighted by Gasteiger charge is -2.15. The molecule has 5 N–H and O–H groups in total. The minimum absolute atomic E-state index is 0.0356. The summed E-state index contributed by atoms with van der Waals surface area (Å²) in [5, 5.41) is 13.2. The molecule has 5 aromatic rings. The minimum atomic E-state index is -4.10. The fourth-order valence-electron chi connectivity index (χ4n) is 4.18. The van der Waals surface area contributed by atoms with Crippen LogP contribution < -0.4 is 15.8 Å². The maximum atomic E-state index is 12.9. The van der Waals surface area contributed by atoms with Crippen molar-refractivity contribution in [2.75, 3.05) is 11.1 Å². The molecule has 4 aromatic carbocycles. The molecule has 1 heterocycles. The van der Waals surface area contributed by atoms with E-state index in [2.05, 4.69) is 10.0 Å². The van der Waals surface area contributed by atoms with Gasteiger partial charge in [-0.25, -0.2) is 8.42 Å². The number of carboxylic acid groups (broad SMARTS) is 1. The van der Waals surface area contributed by atoms with E-state index in [0.29, 0.717) is 22.5 Å². The molecule has 0 saturated carbocycles. The molecule has 1 aromatic heterocycles. The van der Waals surface area contributed by atoms with Crippen LogP contribution in [0.5, 0.6) is 0 Å². The fraction of sp³-hybridized carbons (Fsp3) is 0.0667. The van der Waals surface area contributed by atoms with Crippen molar-refractivity contribution in [3.8, 4) is 11.1 Å². The molecule has 5 rings (SSSR count). The Morgan fingerprint density at radius 1 is 0.850 bits per heavy atom. The number of carbonyl (C=O) groups is 2. The van der Waals surface area contributed by atoms with Gasteiger partial charge < -0.3 is 20.6 Å². The largest absolute Gasteiger partial charge is 0.480 e. The van der Waals surface area contributed by atoms with E-state index in [0.717, 1.165) is 16.5 Å². The molecule has 202 valence electrons. The topological polar surface area (TPSA) is 152 Å². The summed E-state index contributed by atoms with van der Waals surface area (Å²) in [6.07, 6.45) is -0.0356. The van der Waals surface area contributed by atoms with Gasteiger partial charge in [-0.15, -0.1) is 0 Å². The molecule has 0 unspecified atom stereocenters. The van der Waals surface area contributed by atoms with E-state index in [4.69, 9.17) is 10.2 Å². The summed E-state index contributed by atoms with van der Waals surface area (Å²) < 4.78 is 33.7. The van der Waals surface area contributed by atoms with Crippen molar-refractivity contribution < 1.29 is 27.5 Å². The van der Waals surface area contributed by atoms with Crippen molar-refractivity contribution in [1.29, 1.82) is 0 Å². The predicted molar refractivity (Wildman–Crippen MR) is 152 cm³/mol. The van der Waals surface area contributed by atoms with Crippen molar-refractivity contribution in [3.63, 3.8) is 0 Å². The van der Waals surface area contributed by atoms with E-state index in [-0.39, 0.29) is 23.0 Å². The van der Waals surface area contributed by atoms with Crippen molar-refractivity contribution >= 4 is 44.2 Å². The fourth-order valence-corrected chi connectivity index (χ4v) is 5.37. The summed E-state index contributed by atoms with van der Waals surface area (Å²) in [7, 11) is -4.10. The summed E-state index contributed by atoms with van der Waals surface area (Å²) in [4.78, 5) is 24.3. The average molecular weight is 556 g/mol. The number of hydrogen-bond donors (Lipinski definition) is 4. The third-order valence-electron chi connectivity index (χ3n) is 6.31. The average Bonchev–Trinajstić information content (AvgIpc) is 3.39. The Hall–Kier alpha value is -4.93. The second kappa shape index (κ2) is 11.0. The van der Waals surface area contributed by atoms with Crippen molar-refractivity contribution in [2.45, 2.75) is 17.4 Å². The van der Waals surface area contributed by atoms with Crippen molar-refractivity contribution in [3.05, 3.63) is 114 Å². The molecule has 40 heavy (non-hydrogen) atoms. The number of hydrogen-bond acceptors (Lipinski definition) is 6. The van der Waals surface area contributed by atoms with E-state index in [9.17, 15) is 23.1 Å². The SMILES string of the molecule is Nc1ccc(C[C@H](NS(=O)(=O)c2ccc(-c3ccc(NC(=O)c4cc5ccccc5o4)cc3)cc2)C(=O)O)cc1. The number of aliphatic carboxylic acids is 1. The smallest absolute Gasteiger partial charge is 0.322 e. The molecular weight excluding hydrogens is 530 g/mol. The molecule has 0 aliphatic rings. The number of nitrogens with two attached hydrogens (primary N) is 1. The number of nitrogens with one attached hydrogen (secondary N) is 2. The van der Waals surface area contributed by atoms with Gasteiger partial charge in [0.05, 0.1) is 4.90 Å². The number of carboxylic acids is 1. The Morgan fingerprint density at radius 2 is 1.48 bits per heavy atom. The maximum absolute atomic E-state index is 12.9. The number of fused-ring (bicyclic) bond motifs is 1. The molecule has 0 spiro atoms.